The minimum absolute atomic E-state index is 0.229. The molecule has 1 aromatic carbocycles. The van der Waals surface area contributed by atoms with Crippen molar-refractivity contribution < 1.29 is 4.79 Å². The summed E-state index contributed by atoms with van der Waals surface area (Å²) in [6.45, 7) is 0.556. The van der Waals surface area contributed by atoms with Crippen LogP contribution < -0.4 is 11.5 Å². The van der Waals surface area contributed by atoms with E-state index < -0.39 is 5.91 Å². The molecule has 0 saturated heterocycles. The van der Waals surface area contributed by atoms with Gasteiger partial charge in [-0.15, -0.1) is 0 Å². The Balaban J connectivity index is 2.89. The molecule has 0 aliphatic carbocycles. The number of benzene rings is 1. The van der Waals surface area contributed by atoms with Crippen LogP contribution in [0.3, 0.4) is 0 Å². The molecule has 0 aliphatic rings. The van der Waals surface area contributed by atoms with Gasteiger partial charge in [-0.1, -0.05) is 17.7 Å². The third-order valence-electron chi connectivity index (χ3n) is 2.80. The van der Waals surface area contributed by atoms with Gasteiger partial charge in [0.2, 0.25) is 5.91 Å². The second-order valence-corrected chi connectivity index (χ2v) is 4.63. The Morgan fingerprint density at radius 3 is 2.53 bits per heavy atom. The lowest BCUT2D eigenvalue weighted by atomic mass is 10.0. The molecule has 1 unspecified atom stereocenters. The fraction of sp³-hybridized carbons (Fsp3) is 0.417. The van der Waals surface area contributed by atoms with Gasteiger partial charge in [0.25, 0.3) is 0 Å². The molecule has 0 fully saturated rings. The number of halogens is 1. The molecular weight excluding hydrogens is 238 g/mol. The number of hydrogen-bond acceptors (Lipinski definition) is 3. The first-order chi connectivity index (χ1) is 7.95. The van der Waals surface area contributed by atoms with Crippen LogP contribution in [0.1, 0.15) is 15.9 Å². The monoisotopic (exact) mass is 255 g/mol. The van der Waals surface area contributed by atoms with E-state index in [4.69, 9.17) is 23.1 Å². The first-order valence-corrected chi connectivity index (χ1v) is 5.78. The number of hydrogen-bond donors (Lipinski definition) is 2. The lowest BCUT2D eigenvalue weighted by Crippen LogP contribution is -2.36. The third-order valence-corrected chi connectivity index (χ3v) is 3.15. The second kappa shape index (κ2) is 6.00. The number of amides is 1. The van der Waals surface area contributed by atoms with E-state index in [0.29, 0.717) is 17.1 Å². The molecule has 0 radical (unpaired) electrons. The van der Waals surface area contributed by atoms with E-state index in [0.717, 1.165) is 12.0 Å². The molecule has 0 heterocycles. The molecule has 4 nitrogen and oxygen atoms in total. The number of primary amides is 1. The van der Waals surface area contributed by atoms with Crippen LogP contribution in [0, 0.1) is 0 Å². The number of nitrogens with zero attached hydrogens (tertiary/aromatic N) is 1. The molecule has 1 rings (SSSR count). The summed E-state index contributed by atoms with van der Waals surface area (Å²) < 4.78 is 0. The average molecular weight is 256 g/mol. The largest absolute Gasteiger partial charge is 0.366 e. The van der Waals surface area contributed by atoms with Crippen LogP contribution in [0.25, 0.3) is 0 Å². The van der Waals surface area contributed by atoms with Gasteiger partial charge in [0.05, 0.1) is 0 Å². The summed E-state index contributed by atoms with van der Waals surface area (Å²) in [7, 11) is 3.95. The highest BCUT2D eigenvalue weighted by Crippen LogP contribution is 2.20. The highest BCUT2D eigenvalue weighted by atomic mass is 35.5. The maximum absolute atomic E-state index is 11.0. The minimum atomic E-state index is -0.471. The first-order valence-electron chi connectivity index (χ1n) is 5.40. The molecule has 0 bridgehead atoms. The van der Waals surface area contributed by atoms with Crippen LogP contribution in [0.2, 0.25) is 5.02 Å². The van der Waals surface area contributed by atoms with Crippen LogP contribution in [0.4, 0.5) is 0 Å². The van der Waals surface area contributed by atoms with E-state index in [1.807, 2.05) is 20.2 Å². The Bertz CT molecular complexity index is 407. The summed E-state index contributed by atoms with van der Waals surface area (Å²) in [4.78, 5) is 13.0. The Kier molecular flexibility index (Phi) is 4.93. The molecule has 0 aromatic heterocycles. The normalized spacial score (nSPS) is 12.8. The zero-order valence-corrected chi connectivity index (χ0v) is 10.9. The highest BCUT2D eigenvalue weighted by molar-refractivity contribution is 6.31. The Labute approximate surface area is 107 Å². The van der Waals surface area contributed by atoms with Gasteiger partial charge in [0.1, 0.15) is 0 Å². The topological polar surface area (TPSA) is 72.3 Å². The van der Waals surface area contributed by atoms with Crippen molar-refractivity contribution >= 4 is 17.5 Å². The van der Waals surface area contributed by atoms with Crippen molar-refractivity contribution in [3.63, 3.8) is 0 Å². The Hall–Kier alpha value is -1.10. The summed E-state index contributed by atoms with van der Waals surface area (Å²) >= 11 is 6.11. The van der Waals surface area contributed by atoms with Gasteiger partial charge in [-0.3, -0.25) is 4.79 Å². The summed E-state index contributed by atoms with van der Waals surface area (Å²) in [5.74, 6) is -0.471. The molecule has 5 heteroatoms. The lowest BCUT2D eigenvalue weighted by Gasteiger charge is -2.23. The van der Waals surface area contributed by atoms with Crippen LogP contribution in [0.5, 0.6) is 0 Å². The predicted molar refractivity (Wildman–Crippen MR) is 70.2 cm³/mol. The predicted octanol–water partition coefficient (Wildman–Crippen LogP) is 0.870. The number of likely N-dealkylation sites (N-methyl/N-ethyl adjacent to an activating group) is 1. The van der Waals surface area contributed by atoms with E-state index >= 15 is 0 Å². The van der Waals surface area contributed by atoms with Crippen molar-refractivity contribution in [2.45, 2.75) is 12.5 Å². The SMILES string of the molecule is CN(C)C(CN)Cc1ccc(C(N)=O)cc1Cl. The van der Waals surface area contributed by atoms with E-state index in [9.17, 15) is 4.79 Å². The number of rotatable bonds is 5. The fourth-order valence-electron chi connectivity index (χ4n) is 1.60. The number of nitrogens with two attached hydrogens (primary N) is 2. The molecule has 1 atom stereocenters. The van der Waals surface area contributed by atoms with Crippen molar-refractivity contribution in [2.24, 2.45) is 11.5 Å². The molecule has 1 amide bonds. The van der Waals surface area contributed by atoms with E-state index in [2.05, 4.69) is 4.90 Å². The summed E-state index contributed by atoms with van der Waals surface area (Å²) in [6, 6.07) is 5.34. The number of carbonyl (C=O) groups is 1. The smallest absolute Gasteiger partial charge is 0.248 e. The number of carbonyl (C=O) groups excluding carboxylic acids is 1. The van der Waals surface area contributed by atoms with Crippen molar-refractivity contribution in [1.29, 1.82) is 0 Å². The average Bonchev–Trinajstić information content (AvgIpc) is 2.26. The quantitative estimate of drug-likeness (QED) is 0.820. The highest BCUT2D eigenvalue weighted by Gasteiger charge is 2.13. The Morgan fingerprint density at radius 2 is 2.12 bits per heavy atom. The minimum Gasteiger partial charge on any atom is -0.366 e. The third kappa shape index (κ3) is 3.70. The Morgan fingerprint density at radius 1 is 1.47 bits per heavy atom. The molecule has 17 heavy (non-hydrogen) atoms. The van der Waals surface area contributed by atoms with Crippen molar-refractivity contribution in [2.75, 3.05) is 20.6 Å². The van der Waals surface area contributed by atoms with Crippen LogP contribution in [-0.4, -0.2) is 37.5 Å². The zero-order valence-electron chi connectivity index (χ0n) is 10.1. The second-order valence-electron chi connectivity index (χ2n) is 4.23. The van der Waals surface area contributed by atoms with Crippen LogP contribution in [0.15, 0.2) is 18.2 Å². The van der Waals surface area contributed by atoms with Gasteiger partial charge in [-0.05, 0) is 38.2 Å². The van der Waals surface area contributed by atoms with Crippen molar-refractivity contribution in [1.82, 2.24) is 4.90 Å². The van der Waals surface area contributed by atoms with Crippen molar-refractivity contribution in [3.8, 4) is 0 Å². The van der Waals surface area contributed by atoms with E-state index in [-0.39, 0.29) is 6.04 Å². The maximum Gasteiger partial charge on any atom is 0.248 e. The van der Waals surface area contributed by atoms with Gasteiger partial charge in [0, 0.05) is 23.2 Å². The van der Waals surface area contributed by atoms with Gasteiger partial charge in [-0.25, -0.2) is 0 Å². The molecule has 94 valence electrons. The standard InChI is InChI=1S/C12H18ClN3O/c1-16(2)10(7-14)5-8-3-4-9(12(15)17)6-11(8)13/h3-4,6,10H,5,7,14H2,1-2H3,(H2,15,17). The van der Waals surface area contributed by atoms with Gasteiger partial charge in [0.15, 0.2) is 0 Å². The van der Waals surface area contributed by atoms with Gasteiger partial charge >= 0.3 is 0 Å². The summed E-state index contributed by atoms with van der Waals surface area (Å²) in [5, 5.41) is 0.557. The van der Waals surface area contributed by atoms with Gasteiger partial charge < -0.3 is 16.4 Å². The molecule has 0 saturated carbocycles. The lowest BCUT2D eigenvalue weighted by molar-refractivity contribution is 0.100. The summed E-state index contributed by atoms with van der Waals surface area (Å²) in [6.07, 6.45) is 0.751. The van der Waals surface area contributed by atoms with Gasteiger partial charge in [-0.2, -0.15) is 0 Å². The molecule has 1 aromatic rings. The van der Waals surface area contributed by atoms with E-state index in [1.165, 1.54) is 0 Å². The van der Waals surface area contributed by atoms with Crippen LogP contribution in [-0.2, 0) is 6.42 Å². The molecule has 4 N–H and O–H groups in total. The van der Waals surface area contributed by atoms with Crippen LogP contribution >= 0.6 is 11.6 Å². The molecule has 0 aliphatic heterocycles. The molecular formula is C12H18ClN3O. The zero-order chi connectivity index (χ0) is 13.0. The maximum atomic E-state index is 11.0. The summed E-state index contributed by atoms with van der Waals surface area (Å²) in [5.41, 5.74) is 12.3. The first kappa shape index (κ1) is 14.0. The molecule has 0 spiro atoms. The van der Waals surface area contributed by atoms with Crippen molar-refractivity contribution in [3.05, 3.63) is 34.3 Å². The van der Waals surface area contributed by atoms with E-state index in [1.54, 1.807) is 12.1 Å². The fourth-order valence-corrected chi connectivity index (χ4v) is 1.85.